The van der Waals surface area contributed by atoms with Gasteiger partial charge in [0, 0.05) is 0 Å². The Morgan fingerprint density at radius 1 is 1.55 bits per heavy atom. The average molecular weight is 150 g/mol. The molecule has 0 unspecified atom stereocenters. The highest BCUT2D eigenvalue weighted by Crippen LogP contribution is 2.23. The van der Waals surface area contributed by atoms with E-state index in [1.807, 2.05) is 0 Å². The maximum atomic E-state index is 4.03. The highest BCUT2D eigenvalue weighted by atomic mass is 14.1. The third-order valence-corrected chi connectivity index (χ3v) is 2.36. The van der Waals surface area contributed by atoms with Gasteiger partial charge in [0.1, 0.15) is 0 Å². The fourth-order valence-electron chi connectivity index (χ4n) is 1.51. The first kappa shape index (κ1) is 8.58. The quantitative estimate of drug-likeness (QED) is 0.536. The van der Waals surface area contributed by atoms with E-state index in [2.05, 4.69) is 19.6 Å². The van der Waals surface area contributed by atoms with Crippen LogP contribution < -0.4 is 0 Å². The van der Waals surface area contributed by atoms with E-state index in [4.69, 9.17) is 0 Å². The third kappa shape index (κ3) is 2.92. The van der Waals surface area contributed by atoms with Gasteiger partial charge in [-0.25, -0.2) is 0 Å². The minimum atomic E-state index is 1.14. The Morgan fingerprint density at radius 2 is 2.36 bits per heavy atom. The predicted molar refractivity (Wildman–Crippen MR) is 50.6 cm³/mol. The molecule has 0 heteroatoms. The van der Waals surface area contributed by atoms with Crippen molar-refractivity contribution in [2.75, 3.05) is 0 Å². The molecule has 0 spiro atoms. The molecule has 0 amide bonds. The van der Waals surface area contributed by atoms with E-state index in [1.165, 1.54) is 31.3 Å². The number of hydrogen-bond donors (Lipinski definition) is 0. The second kappa shape index (κ2) is 4.38. The van der Waals surface area contributed by atoms with Crippen molar-refractivity contribution < 1.29 is 0 Å². The lowest BCUT2D eigenvalue weighted by Gasteiger charge is -2.12. The van der Waals surface area contributed by atoms with Crippen LogP contribution in [-0.4, -0.2) is 0 Å². The molecule has 0 fully saturated rings. The van der Waals surface area contributed by atoms with Crippen molar-refractivity contribution in [2.24, 2.45) is 0 Å². The van der Waals surface area contributed by atoms with Crippen molar-refractivity contribution in [2.45, 2.75) is 45.4 Å². The Hall–Kier alpha value is -0.520. The van der Waals surface area contributed by atoms with Crippen LogP contribution in [0, 0.1) is 0 Å². The molecule has 1 aliphatic rings. The van der Waals surface area contributed by atoms with E-state index in [9.17, 15) is 0 Å². The molecule has 0 N–H and O–H groups in total. The Kier molecular flexibility index (Phi) is 3.41. The van der Waals surface area contributed by atoms with Crippen LogP contribution in [0.5, 0.6) is 0 Å². The fraction of sp³-hybridized carbons (Fsp3) is 0.636. The van der Waals surface area contributed by atoms with Gasteiger partial charge in [0.25, 0.3) is 0 Å². The lowest BCUT2D eigenvalue weighted by molar-refractivity contribution is 0.685. The molecule has 0 heterocycles. The van der Waals surface area contributed by atoms with Crippen molar-refractivity contribution in [3.63, 3.8) is 0 Å². The van der Waals surface area contributed by atoms with Crippen LogP contribution in [0.3, 0.4) is 0 Å². The van der Waals surface area contributed by atoms with Gasteiger partial charge in [0.05, 0.1) is 0 Å². The minimum Gasteiger partial charge on any atom is -0.0995 e. The highest BCUT2D eigenvalue weighted by molar-refractivity contribution is 5.14. The molecule has 0 aromatic heterocycles. The Bertz CT molecular complexity index is 163. The largest absolute Gasteiger partial charge is 0.0995 e. The van der Waals surface area contributed by atoms with Crippen molar-refractivity contribution in [1.29, 1.82) is 0 Å². The second-order valence-electron chi connectivity index (χ2n) is 3.39. The van der Waals surface area contributed by atoms with Crippen molar-refractivity contribution in [1.82, 2.24) is 0 Å². The zero-order valence-electron chi connectivity index (χ0n) is 7.53. The van der Waals surface area contributed by atoms with Gasteiger partial charge in [0.15, 0.2) is 0 Å². The summed E-state index contributed by atoms with van der Waals surface area (Å²) < 4.78 is 0. The summed E-state index contributed by atoms with van der Waals surface area (Å²) in [5.74, 6) is 0. The van der Waals surface area contributed by atoms with Gasteiger partial charge in [-0.3, -0.25) is 0 Å². The van der Waals surface area contributed by atoms with Gasteiger partial charge in [-0.1, -0.05) is 30.7 Å². The minimum absolute atomic E-state index is 1.14. The van der Waals surface area contributed by atoms with Gasteiger partial charge in [-0.05, 0) is 38.5 Å². The Labute approximate surface area is 70.0 Å². The van der Waals surface area contributed by atoms with Gasteiger partial charge >= 0.3 is 0 Å². The topological polar surface area (TPSA) is 0 Å². The van der Waals surface area contributed by atoms with Crippen molar-refractivity contribution >= 4 is 0 Å². The lowest BCUT2D eigenvalue weighted by atomic mass is 9.94. The van der Waals surface area contributed by atoms with Gasteiger partial charge < -0.3 is 0 Å². The van der Waals surface area contributed by atoms with Crippen LogP contribution in [0.2, 0.25) is 0 Å². The molecular weight excluding hydrogens is 132 g/mol. The lowest BCUT2D eigenvalue weighted by Crippen LogP contribution is -1.92. The molecule has 62 valence electrons. The number of hydrogen-bond acceptors (Lipinski definition) is 0. The molecule has 0 aliphatic heterocycles. The summed E-state index contributed by atoms with van der Waals surface area (Å²) in [4.78, 5) is 0. The summed E-state index contributed by atoms with van der Waals surface area (Å²) in [5, 5.41) is 0. The second-order valence-corrected chi connectivity index (χ2v) is 3.39. The molecule has 0 nitrogen and oxygen atoms in total. The van der Waals surface area contributed by atoms with Crippen LogP contribution in [0.15, 0.2) is 23.8 Å². The first-order valence-corrected chi connectivity index (χ1v) is 4.67. The van der Waals surface area contributed by atoms with Gasteiger partial charge in [-0.2, -0.15) is 0 Å². The summed E-state index contributed by atoms with van der Waals surface area (Å²) in [5.41, 5.74) is 3.02. The number of rotatable bonds is 3. The standard InChI is InChI=1S/C11H18/c1-3-10(2)9-11-7-5-4-6-8-11/h7H,2-6,8-9H2,1H3. The molecule has 1 rings (SSSR count). The van der Waals surface area contributed by atoms with E-state index in [0.717, 1.165) is 12.8 Å². The Balaban J connectivity index is 2.35. The zero-order chi connectivity index (χ0) is 8.10. The first-order valence-electron chi connectivity index (χ1n) is 4.67. The smallest absolute Gasteiger partial charge is 0.0111 e. The molecule has 1 aliphatic carbocycles. The molecule has 0 bridgehead atoms. The summed E-state index contributed by atoms with van der Waals surface area (Å²) in [6.45, 7) is 6.21. The summed E-state index contributed by atoms with van der Waals surface area (Å²) in [6, 6.07) is 0. The monoisotopic (exact) mass is 150 g/mol. The molecule has 0 aromatic rings. The maximum absolute atomic E-state index is 4.03. The van der Waals surface area contributed by atoms with Gasteiger partial charge in [-0.15, -0.1) is 0 Å². The van der Waals surface area contributed by atoms with Crippen molar-refractivity contribution in [3.8, 4) is 0 Å². The molecule has 0 aromatic carbocycles. The zero-order valence-corrected chi connectivity index (χ0v) is 7.53. The molecule has 11 heavy (non-hydrogen) atoms. The normalized spacial score (nSPS) is 17.7. The van der Waals surface area contributed by atoms with Crippen LogP contribution in [0.25, 0.3) is 0 Å². The molecule has 0 saturated heterocycles. The number of allylic oxidation sites excluding steroid dienone is 3. The molecule has 0 radical (unpaired) electrons. The van der Waals surface area contributed by atoms with Crippen LogP contribution in [0.1, 0.15) is 45.4 Å². The van der Waals surface area contributed by atoms with Crippen LogP contribution in [-0.2, 0) is 0 Å². The van der Waals surface area contributed by atoms with E-state index < -0.39 is 0 Å². The fourth-order valence-corrected chi connectivity index (χ4v) is 1.51. The van der Waals surface area contributed by atoms with Crippen molar-refractivity contribution in [3.05, 3.63) is 23.8 Å². The Morgan fingerprint density at radius 3 is 2.91 bits per heavy atom. The van der Waals surface area contributed by atoms with Crippen LogP contribution >= 0.6 is 0 Å². The van der Waals surface area contributed by atoms with E-state index in [-0.39, 0.29) is 0 Å². The summed E-state index contributed by atoms with van der Waals surface area (Å²) in [6.07, 6.45) is 10.1. The van der Waals surface area contributed by atoms with E-state index >= 15 is 0 Å². The molecule has 0 saturated carbocycles. The highest BCUT2D eigenvalue weighted by Gasteiger charge is 2.03. The third-order valence-electron chi connectivity index (χ3n) is 2.36. The summed E-state index contributed by atoms with van der Waals surface area (Å²) in [7, 11) is 0. The van der Waals surface area contributed by atoms with Crippen LogP contribution in [0.4, 0.5) is 0 Å². The summed E-state index contributed by atoms with van der Waals surface area (Å²) >= 11 is 0. The van der Waals surface area contributed by atoms with Gasteiger partial charge in [0.2, 0.25) is 0 Å². The van der Waals surface area contributed by atoms with E-state index in [1.54, 1.807) is 5.57 Å². The molecular formula is C11H18. The predicted octanol–water partition coefficient (Wildman–Crippen LogP) is 3.84. The molecule has 0 atom stereocenters. The van der Waals surface area contributed by atoms with E-state index in [0.29, 0.717) is 0 Å². The first-order chi connectivity index (χ1) is 5.33. The maximum Gasteiger partial charge on any atom is -0.0111 e. The SMILES string of the molecule is C=C(CC)CC1=CCCCC1. The average Bonchev–Trinajstić information content (AvgIpc) is 2.06.